The molecule has 1 aromatic carbocycles. The Labute approximate surface area is 131 Å². The van der Waals surface area contributed by atoms with E-state index in [1.54, 1.807) is 29.2 Å². The van der Waals surface area contributed by atoms with Gasteiger partial charge in [-0.2, -0.15) is 0 Å². The second-order valence-electron chi connectivity index (χ2n) is 5.74. The zero-order chi connectivity index (χ0) is 16.3. The Balaban J connectivity index is 1.91. The summed E-state index contributed by atoms with van der Waals surface area (Å²) in [6.45, 7) is 5.40. The van der Waals surface area contributed by atoms with Crippen LogP contribution in [0.5, 0.6) is 0 Å². The zero-order valence-corrected chi connectivity index (χ0v) is 13.9. The molecule has 2 unspecified atom stereocenters. The lowest BCUT2D eigenvalue weighted by atomic mass is 10.2. The van der Waals surface area contributed by atoms with Crippen LogP contribution in [0.2, 0.25) is 0 Å². The van der Waals surface area contributed by atoms with Crippen LogP contribution in [0.25, 0.3) is 0 Å². The Hall–Kier alpha value is -1.60. The number of nitrogens with zero attached hydrogens (tertiary/aromatic N) is 1. The molecule has 1 aromatic rings. The van der Waals surface area contributed by atoms with E-state index in [9.17, 15) is 13.2 Å². The van der Waals surface area contributed by atoms with Gasteiger partial charge in [-0.05, 0) is 31.5 Å². The van der Waals surface area contributed by atoms with Gasteiger partial charge in [-0.25, -0.2) is 13.2 Å². The molecule has 1 heterocycles. The maximum Gasteiger partial charge on any atom is 0.317 e. The largest absolute Gasteiger partial charge is 0.372 e. The second-order valence-corrected chi connectivity index (χ2v) is 7.75. The van der Waals surface area contributed by atoms with Gasteiger partial charge in [0.2, 0.25) is 0 Å². The maximum absolute atomic E-state index is 12.2. The van der Waals surface area contributed by atoms with Crippen molar-refractivity contribution >= 4 is 15.9 Å². The molecule has 0 saturated carbocycles. The number of sulfone groups is 1. The SMILES string of the molecule is CC1CN(C(=O)NCc2ccc(S(C)(=O)=O)cc2)CC(C)O1. The Morgan fingerprint density at radius 2 is 1.77 bits per heavy atom. The molecule has 7 heteroatoms. The lowest BCUT2D eigenvalue weighted by molar-refractivity contribution is -0.0545. The van der Waals surface area contributed by atoms with Crippen molar-refractivity contribution in [3.8, 4) is 0 Å². The maximum atomic E-state index is 12.2. The highest BCUT2D eigenvalue weighted by molar-refractivity contribution is 7.90. The molecular formula is C15H22N2O4S. The van der Waals surface area contributed by atoms with Crippen LogP contribution in [-0.4, -0.2) is 50.9 Å². The summed E-state index contributed by atoms with van der Waals surface area (Å²) in [5, 5.41) is 2.85. The number of hydrogen-bond acceptors (Lipinski definition) is 4. The standard InChI is InChI=1S/C15H22N2O4S/c1-11-9-17(10-12(2)21-11)15(18)16-8-13-4-6-14(7-5-13)22(3,19)20/h4-7,11-12H,8-10H2,1-3H3,(H,16,18). The van der Waals surface area contributed by atoms with Crippen LogP contribution in [0.15, 0.2) is 29.2 Å². The molecule has 1 N–H and O–H groups in total. The topological polar surface area (TPSA) is 75.7 Å². The average molecular weight is 326 g/mol. The highest BCUT2D eigenvalue weighted by Gasteiger charge is 2.25. The molecule has 1 saturated heterocycles. The van der Waals surface area contributed by atoms with Gasteiger partial charge in [0.05, 0.1) is 17.1 Å². The number of urea groups is 1. The first-order valence-electron chi connectivity index (χ1n) is 7.23. The summed E-state index contributed by atoms with van der Waals surface area (Å²) in [5.41, 5.74) is 0.857. The highest BCUT2D eigenvalue weighted by Crippen LogP contribution is 2.12. The van der Waals surface area contributed by atoms with Gasteiger partial charge in [-0.15, -0.1) is 0 Å². The van der Waals surface area contributed by atoms with Crippen molar-refractivity contribution in [1.29, 1.82) is 0 Å². The third-order valence-corrected chi connectivity index (χ3v) is 4.63. The minimum atomic E-state index is -3.19. The van der Waals surface area contributed by atoms with Crippen LogP contribution in [-0.2, 0) is 21.1 Å². The average Bonchev–Trinajstić information content (AvgIpc) is 2.43. The van der Waals surface area contributed by atoms with Crippen LogP contribution >= 0.6 is 0 Å². The van der Waals surface area contributed by atoms with Crippen molar-refractivity contribution in [3.63, 3.8) is 0 Å². The van der Waals surface area contributed by atoms with Gasteiger partial charge in [0, 0.05) is 25.9 Å². The van der Waals surface area contributed by atoms with Crippen LogP contribution in [0.4, 0.5) is 4.79 Å². The van der Waals surface area contributed by atoms with Gasteiger partial charge in [0.15, 0.2) is 9.84 Å². The second kappa shape index (κ2) is 6.66. The molecule has 0 aromatic heterocycles. The molecule has 1 aliphatic rings. The van der Waals surface area contributed by atoms with Gasteiger partial charge in [-0.3, -0.25) is 0 Å². The number of hydrogen-bond donors (Lipinski definition) is 1. The van der Waals surface area contributed by atoms with E-state index in [0.29, 0.717) is 19.6 Å². The Morgan fingerprint density at radius 1 is 1.23 bits per heavy atom. The van der Waals surface area contributed by atoms with E-state index in [-0.39, 0.29) is 23.1 Å². The van der Waals surface area contributed by atoms with E-state index < -0.39 is 9.84 Å². The molecule has 1 aliphatic heterocycles. The fraction of sp³-hybridized carbons (Fsp3) is 0.533. The summed E-state index contributed by atoms with van der Waals surface area (Å²) >= 11 is 0. The molecule has 2 rings (SSSR count). The predicted molar refractivity (Wildman–Crippen MR) is 83.4 cm³/mol. The number of benzene rings is 1. The number of morpholine rings is 1. The van der Waals surface area contributed by atoms with Gasteiger partial charge in [0.1, 0.15) is 0 Å². The molecule has 0 radical (unpaired) electrons. The lowest BCUT2D eigenvalue weighted by Gasteiger charge is -2.35. The quantitative estimate of drug-likeness (QED) is 0.911. The third kappa shape index (κ3) is 4.45. The van der Waals surface area contributed by atoms with E-state index in [1.807, 2.05) is 13.8 Å². The van der Waals surface area contributed by atoms with Crippen LogP contribution < -0.4 is 5.32 Å². The molecule has 122 valence electrons. The predicted octanol–water partition coefficient (Wildman–Crippen LogP) is 1.41. The minimum absolute atomic E-state index is 0.0311. The highest BCUT2D eigenvalue weighted by atomic mass is 32.2. The normalized spacial score (nSPS) is 22.4. The van der Waals surface area contributed by atoms with Crippen molar-refractivity contribution in [2.24, 2.45) is 0 Å². The van der Waals surface area contributed by atoms with Crippen molar-refractivity contribution < 1.29 is 17.9 Å². The molecule has 1 fully saturated rings. The number of carbonyl (C=O) groups is 1. The first-order chi connectivity index (χ1) is 10.3. The molecule has 0 aliphatic carbocycles. The molecule has 2 amide bonds. The fourth-order valence-electron chi connectivity index (χ4n) is 2.49. The van der Waals surface area contributed by atoms with E-state index >= 15 is 0 Å². The molecule has 0 spiro atoms. The summed E-state index contributed by atoms with van der Waals surface area (Å²) in [6, 6.07) is 6.39. The molecule has 2 atom stereocenters. The summed E-state index contributed by atoms with van der Waals surface area (Å²) < 4.78 is 28.4. The third-order valence-electron chi connectivity index (χ3n) is 3.50. The molecule has 22 heavy (non-hydrogen) atoms. The van der Waals surface area contributed by atoms with Crippen LogP contribution in [0.1, 0.15) is 19.4 Å². The Bertz CT molecular complexity index is 617. The van der Waals surface area contributed by atoms with Gasteiger partial charge < -0.3 is 15.0 Å². The number of amides is 2. The van der Waals surface area contributed by atoms with E-state index in [2.05, 4.69) is 5.32 Å². The smallest absolute Gasteiger partial charge is 0.317 e. The van der Waals surface area contributed by atoms with Crippen molar-refractivity contribution in [2.75, 3.05) is 19.3 Å². The van der Waals surface area contributed by atoms with E-state index in [1.165, 1.54) is 6.26 Å². The fourth-order valence-corrected chi connectivity index (χ4v) is 3.12. The first-order valence-corrected chi connectivity index (χ1v) is 9.12. The summed E-state index contributed by atoms with van der Waals surface area (Å²) in [7, 11) is -3.19. The number of carbonyl (C=O) groups excluding carboxylic acids is 1. The van der Waals surface area contributed by atoms with Gasteiger partial charge in [-0.1, -0.05) is 12.1 Å². The number of nitrogens with one attached hydrogen (secondary N) is 1. The molecular weight excluding hydrogens is 304 g/mol. The van der Waals surface area contributed by atoms with Crippen molar-refractivity contribution in [1.82, 2.24) is 10.2 Å². The van der Waals surface area contributed by atoms with Gasteiger partial charge in [0.25, 0.3) is 0 Å². The van der Waals surface area contributed by atoms with Crippen molar-refractivity contribution in [2.45, 2.75) is 37.5 Å². The zero-order valence-electron chi connectivity index (χ0n) is 13.1. The van der Waals surface area contributed by atoms with Crippen LogP contribution in [0.3, 0.4) is 0 Å². The Kier molecular flexibility index (Phi) is 5.08. The minimum Gasteiger partial charge on any atom is -0.372 e. The van der Waals surface area contributed by atoms with Crippen molar-refractivity contribution in [3.05, 3.63) is 29.8 Å². The summed E-state index contributed by atoms with van der Waals surface area (Å²) in [5.74, 6) is 0. The first kappa shape index (κ1) is 16.8. The number of ether oxygens (including phenoxy) is 1. The number of rotatable bonds is 3. The monoisotopic (exact) mass is 326 g/mol. The molecule has 0 bridgehead atoms. The lowest BCUT2D eigenvalue weighted by Crippen LogP contribution is -2.51. The Morgan fingerprint density at radius 3 is 2.27 bits per heavy atom. The molecule has 6 nitrogen and oxygen atoms in total. The van der Waals surface area contributed by atoms with Crippen LogP contribution in [0, 0.1) is 0 Å². The summed E-state index contributed by atoms with van der Waals surface area (Å²) in [4.78, 5) is 14.2. The van der Waals surface area contributed by atoms with E-state index in [0.717, 1.165) is 5.56 Å². The summed E-state index contributed by atoms with van der Waals surface area (Å²) in [6.07, 6.45) is 1.23. The van der Waals surface area contributed by atoms with E-state index in [4.69, 9.17) is 4.74 Å². The van der Waals surface area contributed by atoms with Gasteiger partial charge >= 0.3 is 6.03 Å².